The summed E-state index contributed by atoms with van der Waals surface area (Å²) < 4.78 is 0. The predicted octanol–water partition coefficient (Wildman–Crippen LogP) is 3.33. The number of nitrogens with one attached hydrogen (secondary N) is 1. The maximum atomic E-state index is 4.82. The van der Waals surface area contributed by atoms with Gasteiger partial charge in [0.15, 0.2) is 0 Å². The fraction of sp³-hybridized carbons (Fsp3) is 0.786. The van der Waals surface area contributed by atoms with Crippen LogP contribution in [0.25, 0.3) is 0 Å². The molecule has 2 aliphatic rings. The largest absolute Gasteiger partial charge is 0.310 e. The molecule has 2 atom stereocenters. The first kappa shape index (κ1) is 11.7. The molecular weight excluding hydrogens is 228 g/mol. The molecule has 94 valence electrons. The lowest BCUT2D eigenvalue weighted by atomic mass is 9.86. The average molecular weight is 250 g/mol. The number of thiazole rings is 1. The Hall–Kier alpha value is -0.410. The second-order valence-corrected chi connectivity index (χ2v) is 7.05. The molecule has 0 radical (unpaired) electrons. The van der Waals surface area contributed by atoms with Crippen LogP contribution in [0, 0.1) is 11.8 Å². The first-order valence-corrected chi connectivity index (χ1v) is 7.73. The summed E-state index contributed by atoms with van der Waals surface area (Å²) in [4.78, 5) is 6.39. The Morgan fingerprint density at radius 2 is 2.18 bits per heavy atom. The zero-order chi connectivity index (χ0) is 11.8. The van der Waals surface area contributed by atoms with E-state index in [1.165, 1.54) is 42.9 Å². The fourth-order valence-electron chi connectivity index (χ4n) is 2.85. The summed E-state index contributed by atoms with van der Waals surface area (Å²) in [5.74, 6) is 2.50. The maximum Gasteiger partial charge on any atom is 0.107 e. The van der Waals surface area contributed by atoms with E-state index in [2.05, 4.69) is 19.2 Å². The molecule has 0 aliphatic heterocycles. The van der Waals surface area contributed by atoms with Gasteiger partial charge < -0.3 is 5.32 Å². The lowest BCUT2D eigenvalue weighted by molar-refractivity contribution is 0.449. The summed E-state index contributed by atoms with van der Waals surface area (Å²) >= 11 is 1.94. The van der Waals surface area contributed by atoms with Crippen LogP contribution in [0.1, 0.15) is 54.6 Å². The molecule has 1 N–H and O–H groups in total. The van der Waals surface area contributed by atoms with E-state index in [0.29, 0.717) is 0 Å². The number of rotatable bonds is 4. The lowest BCUT2D eigenvalue weighted by Gasteiger charge is -2.22. The highest BCUT2D eigenvalue weighted by atomic mass is 32.1. The molecule has 0 bridgehead atoms. The van der Waals surface area contributed by atoms with Crippen LogP contribution in [-0.2, 0) is 13.0 Å². The smallest absolute Gasteiger partial charge is 0.107 e. The Morgan fingerprint density at radius 1 is 1.35 bits per heavy atom. The molecule has 1 heterocycles. The number of hydrogen-bond acceptors (Lipinski definition) is 3. The standard InChI is InChI=1S/C14H22N2S/c1-9-5-10(2)14-12(6-9)16-13(17-14)8-15-7-11-3-4-11/h9-11,15H,3-8H2,1-2H3. The topological polar surface area (TPSA) is 24.9 Å². The van der Waals surface area contributed by atoms with Gasteiger partial charge in [0.05, 0.1) is 5.69 Å². The van der Waals surface area contributed by atoms with Crippen molar-refractivity contribution in [2.45, 2.75) is 52.0 Å². The van der Waals surface area contributed by atoms with Crippen LogP contribution in [-0.4, -0.2) is 11.5 Å². The first-order valence-electron chi connectivity index (χ1n) is 6.91. The molecule has 1 aromatic rings. The Bertz CT molecular complexity index is 395. The SMILES string of the molecule is CC1Cc2nc(CNCC3CC3)sc2C(C)C1. The Balaban J connectivity index is 1.63. The third-order valence-corrected chi connectivity index (χ3v) is 5.25. The average Bonchev–Trinajstić information content (AvgIpc) is 2.98. The van der Waals surface area contributed by atoms with E-state index >= 15 is 0 Å². The van der Waals surface area contributed by atoms with E-state index in [4.69, 9.17) is 4.98 Å². The monoisotopic (exact) mass is 250 g/mol. The molecule has 1 aromatic heterocycles. The van der Waals surface area contributed by atoms with Crippen molar-refractivity contribution >= 4 is 11.3 Å². The van der Waals surface area contributed by atoms with Gasteiger partial charge in [-0.25, -0.2) is 4.98 Å². The highest BCUT2D eigenvalue weighted by molar-refractivity contribution is 7.11. The fourth-order valence-corrected chi connectivity index (χ4v) is 3.98. The van der Waals surface area contributed by atoms with Gasteiger partial charge in [0.1, 0.15) is 5.01 Å². The van der Waals surface area contributed by atoms with Gasteiger partial charge in [-0.1, -0.05) is 13.8 Å². The molecule has 1 fully saturated rings. The second-order valence-electron chi connectivity index (χ2n) is 5.94. The molecule has 3 heteroatoms. The number of fused-ring (bicyclic) bond motifs is 1. The summed E-state index contributed by atoms with van der Waals surface area (Å²) in [6.45, 7) is 6.88. The van der Waals surface area contributed by atoms with E-state index in [-0.39, 0.29) is 0 Å². The molecule has 2 aliphatic carbocycles. The zero-order valence-electron chi connectivity index (χ0n) is 10.8. The van der Waals surface area contributed by atoms with Crippen molar-refractivity contribution in [1.82, 2.24) is 10.3 Å². The van der Waals surface area contributed by atoms with Crippen molar-refractivity contribution in [2.24, 2.45) is 11.8 Å². The molecule has 2 nitrogen and oxygen atoms in total. The van der Waals surface area contributed by atoms with Gasteiger partial charge in [-0.15, -0.1) is 11.3 Å². The molecule has 0 amide bonds. The van der Waals surface area contributed by atoms with Gasteiger partial charge >= 0.3 is 0 Å². The minimum atomic E-state index is 0.725. The third-order valence-electron chi connectivity index (χ3n) is 3.92. The molecule has 2 unspecified atom stereocenters. The Labute approximate surface area is 108 Å². The van der Waals surface area contributed by atoms with E-state index in [1.54, 1.807) is 4.88 Å². The first-order chi connectivity index (χ1) is 8.22. The zero-order valence-corrected chi connectivity index (χ0v) is 11.6. The van der Waals surface area contributed by atoms with E-state index in [9.17, 15) is 0 Å². The van der Waals surface area contributed by atoms with Crippen LogP contribution in [0.3, 0.4) is 0 Å². The van der Waals surface area contributed by atoms with Gasteiger partial charge in [-0.05, 0) is 50.0 Å². The van der Waals surface area contributed by atoms with Crippen molar-refractivity contribution in [3.8, 4) is 0 Å². The number of aromatic nitrogens is 1. The van der Waals surface area contributed by atoms with E-state index in [0.717, 1.165) is 24.3 Å². The van der Waals surface area contributed by atoms with Crippen molar-refractivity contribution in [2.75, 3.05) is 6.54 Å². The highest BCUT2D eigenvalue weighted by Gasteiger charge is 2.25. The van der Waals surface area contributed by atoms with Gasteiger partial charge in [-0.3, -0.25) is 0 Å². The quantitative estimate of drug-likeness (QED) is 0.886. The van der Waals surface area contributed by atoms with Crippen LogP contribution >= 0.6 is 11.3 Å². The van der Waals surface area contributed by atoms with Crippen LogP contribution in [0.5, 0.6) is 0 Å². The van der Waals surface area contributed by atoms with Crippen LogP contribution in [0.4, 0.5) is 0 Å². The molecule has 17 heavy (non-hydrogen) atoms. The number of hydrogen-bond donors (Lipinski definition) is 1. The third kappa shape index (κ3) is 2.71. The summed E-state index contributed by atoms with van der Waals surface area (Å²) in [5, 5.41) is 4.85. The van der Waals surface area contributed by atoms with Gasteiger partial charge in [-0.2, -0.15) is 0 Å². The molecule has 0 saturated heterocycles. The molecule has 1 saturated carbocycles. The van der Waals surface area contributed by atoms with Gasteiger partial charge in [0.25, 0.3) is 0 Å². The minimum Gasteiger partial charge on any atom is -0.310 e. The molecular formula is C14H22N2S. The van der Waals surface area contributed by atoms with E-state index in [1.807, 2.05) is 11.3 Å². The summed E-state index contributed by atoms with van der Waals surface area (Å²) in [6.07, 6.45) is 5.38. The Kier molecular flexibility index (Phi) is 3.22. The predicted molar refractivity (Wildman–Crippen MR) is 72.4 cm³/mol. The van der Waals surface area contributed by atoms with E-state index < -0.39 is 0 Å². The highest BCUT2D eigenvalue weighted by Crippen LogP contribution is 2.37. The Morgan fingerprint density at radius 3 is 2.94 bits per heavy atom. The maximum absolute atomic E-state index is 4.82. The van der Waals surface area contributed by atoms with Crippen LogP contribution < -0.4 is 5.32 Å². The van der Waals surface area contributed by atoms with Crippen molar-refractivity contribution in [1.29, 1.82) is 0 Å². The van der Waals surface area contributed by atoms with Crippen molar-refractivity contribution < 1.29 is 0 Å². The summed E-state index contributed by atoms with van der Waals surface area (Å²) in [5.41, 5.74) is 1.39. The van der Waals surface area contributed by atoms with Crippen molar-refractivity contribution in [3.63, 3.8) is 0 Å². The molecule has 3 rings (SSSR count). The van der Waals surface area contributed by atoms with Gasteiger partial charge in [0, 0.05) is 11.4 Å². The second kappa shape index (κ2) is 4.69. The number of nitrogens with zero attached hydrogens (tertiary/aromatic N) is 1. The normalized spacial score (nSPS) is 28.1. The molecule has 0 aromatic carbocycles. The lowest BCUT2D eigenvalue weighted by Crippen LogP contribution is -2.16. The minimum absolute atomic E-state index is 0.725. The van der Waals surface area contributed by atoms with Gasteiger partial charge in [0.2, 0.25) is 0 Å². The summed E-state index contributed by atoms with van der Waals surface area (Å²) in [6, 6.07) is 0. The molecule has 0 spiro atoms. The van der Waals surface area contributed by atoms with Crippen molar-refractivity contribution in [3.05, 3.63) is 15.6 Å². The van der Waals surface area contributed by atoms with Crippen LogP contribution in [0.15, 0.2) is 0 Å². The van der Waals surface area contributed by atoms with Crippen LogP contribution in [0.2, 0.25) is 0 Å². The summed E-state index contributed by atoms with van der Waals surface area (Å²) in [7, 11) is 0.